The molecule has 0 spiro atoms. The lowest BCUT2D eigenvalue weighted by molar-refractivity contribution is -0.135. The molecular weight excluding hydrogens is 292 g/mol. The highest BCUT2D eigenvalue weighted by Gasteiger charge is 2.26. The van der Waals surface area contributed by atoms with Crippen LogP contribution in [0.2, 0.25) is 0 Å². The lowest BCUT2D eigenvalue weighted by Crippen LogP contribution is -2.23. The third-order valence-electron chi connectivity index (χ3n) is 4.07. The fraction of sp³-hybridized carbons (Fsp3) is 0.316. The van der Waals surface area contributed by atoms with E-state index in [9.17, 15) is 14.4 Å². The fourth-order valence-electron chi connectivity index (χ4n) is 2.25. The van der Waals surface area contributed by atoms with E-state index in [2.05, 4.69) is 4.74 Å². The van der Waals surface area contributed by atoms with E-state index in [1.165, 1.54) is 6.92 Å². The molecule has 0 saturated carbocycles. The molecule has 0 aliphatic heterocycles. The van der Waals surface area contributed by atoms with E-state index in [1.54, 1.807) is 30.3 Å². The number of hydrogen-bond acceptors (Lipinski definition) is 4. The van der Waals surface area contributed by atoms with Gasteiger partial charge in [-0.15, -0.1) is 0 Å². The van der Waals surface area contributed by atoms with Gasteiger partial charge >= 0.3 is 11.9 Å². The molecule has 0 atom stereocenters. The average Bonchev–Trinajstić information content (AvgIpc) is 2.52. The molecule has 23 heavy (non-hydrogen) atoms. The highest BCUT2D eigenvalue weighted by atomic mass is 16.6. The number of hydrogen-bond donors (Lipinski definition) is 0. The van der Waals surface area contributed by atoms with Crippen LogP contribution < -0.4 is 0 Å². The smallest absolute Gasteiger partial charge is 0.345 e. The lowest BCUT2D eigenvalue weighted by Gasteiger charge is -2.21. The van der Waals surface area contributed by atoms with Gasteiger partial charge in [-0.05, 0) is 35.4 Å². The van der Waals surface area contributed by atoms with E-state index in [0.717, 1.165) is 17.2 Å². The van der Waals surface area contributed by atoms with Gasteiger partial charge in [0.2, 0.25) is 0 Å². The normalized spacial score (nSPS) is 11.3. The first-order valence-electron chi connectivity index (χ1n) is 7.56. The van der Waals surface area contributed by atoms with Crippen LogP contribution in [0.5, 0.6) is 0 Å². The fourth-order valence-corrected chi connectivity index (χ4v) is 2.25. The first-order chi connectivity index (χ1) is 10.7. The Morgan fingerprint density at radius 2 is 1.48 bits per heavy atom. The van der Waals surface area contributed by atoms with Crippen molar-refractivity contribution < 1.29 is 19.1 Å². The third kappa shape index (κ3) is 3.65. The summed E-state index contributed by atoms with van der Waals surface area (Å²) in [6, 6.07) is 10.4. The summed E-state index contributed by atoms with van der Waals surface area (Å²) >= 11 is 0. The molecule has 4 heteroatoms. The Morgan fingerprint density at radius 3 is 2.00 bits per heavy atom. The number of rotatable bonds is 4. The Hall–Kier alpha value is -2.49. The molecule has 0 N–H and O–H groups in total. The topological polar surface area (TPSA) is 60.4 Å². The van der Waals surface area contributed by atoms with Crippen molar-refractivity contribution in [1.29, 1.82) is 0 Å². The number of Topliss-reactive ketones (excluding diaryl/α,β-unsaturated/α-hetero) is 1. The first-order valence-corrected chi connectivity index (χ1v) is 7.56. The molecule has 0 aliphatic carbocycles. The Balaban J connectivity index is 2.38. The van der Waals surface area contributed by atoms with Gasteiger partial charge in [-0.25, -0.2) is 4.79 Å². The second-order valence-electron chi connectivity index (χ2n) is 6.22. The summed E-state index contributed by atoms with van der Waals surface area (Å²) in [6.07, 6.45) is 0.764. The van der Waals surface area contributed by atoms with Gasteiger partial charge in [-0.2, -0.15) is 0 Å². The molecular formula is C19H20O4. The van der Waals surface area contributed by atoms with Crippen molar-refractivity contribution in [3.05, 3.63) is 47.5 Å². The largest absolute Gasteiger partial charge is 0.390 e. The summed E-state index contributed by atoms with van der Waals surface area (Å²) in [4.78, 5) is 35.1. The monoisotopic (exact) mass is 312 g/mol. The van der Waals surface area contributed by atoms with E-state index in [0.29, 0.717) is 11.1 Å². The minimum atomic E-state index is -0.674. The van der Waals surface area contributed by atoms with Gasteiger partial charge < -0.3 is 4.74 Å². The van der Waals surface area contributed by atoms with E-state index >= 15 is 0 Å². The molecule has 0 aliphatic rings. The molecule has 0 saturated heterocycles. The molecule has 120 valence electrons. The molecule has 2 aromatic rings. The summed E-state index contributed by atoms with van der Waals surface area (Å²) in [5, 5.41) is 1.68. The van der Waals surface area contributed by atoms with Crippen LogP contribution in [-0.4, -0.2) is 17.7 Å². The highest BCUT2D eigenvalue weighted by molar-refractivity contribution is 6.04. The summed E-state index contributed by atoms with van der Waals surface area (Å²) < 4.78 is 4.57. The predicted molar refractivity (Wildman–Crippen MR) is 88.4 cm³/mol. The number of ether oxygens (including phenoxy) is 1. The summed E-state index contributed by atoms with van der Waals surface area (Å²) in [5.41, 5.74) is 0.558. The van der Waals surface area contributed by atoms with Crippen molar-refractivity contribution >= 4 is 28.5 Å². The minimum absolute atomic E-state index is 0.0990. The van der Waals surface area contributed by atoms with Gasteiger partial charge in [0.1, 0.15) is 0 Å². The number of carbonyl (C=O) groups excluding carboxylic acids is 3. The Labute approximate surface area is 135 Å². The van der Waals surface area contributed by atoms with E-state index in [4.69, 9.17) is 0 Å². The molecule has 0 heterocycles. The summed E-state index contributed by atoms with van der Waals surface area (Å²) in [6.45, 7) is 7.04. The molecule has 2 rings (SSSR count). The van der Waals surface area contributed by atoms with Crippen LogP contribution in [0.4, 0.5) is 0 Å². The second-order valence-corrected chi connectivity index (χ2v) is 6.22. The van der Waals surface area contributed by atoms with Gasteiger partial charge in [-0.3, -0.25) is 9.59 Å². The van der Waals surface area contributed by atoms with Gasteiger partial charge in [0.05, 0.1) is 5.56 Å². The van der Waals surface area contributed by atoms with E-state index in [-0.39, 0.29) is 5.78 Å². The van der Waals surface area contributed by atoms with Crippen molar-refractivity contribution in [2.45, 2.75) is 34.1 Å². The van der Waals surface area contributed by atoms with Crippen LogP contribution in [-0.2, 0) is 9.53 Å². The quantitative estimate of drug-likeness (QED) is 0.483. The summed E-state index contributed by atoms with van der Waals surface area (Å²) in [5.74, 6) is -1.22. The van der Waals surface area contributed by atoms with E-state index < -0.39 is 17.4 Å². The number of carbonyl (C=O) groups is 3. The standard InChI is InChI=1S/C19H20O4/c1-5-19(3,4)17(21)15-8-6-14-11-16(9-7-13(14)10-15)18(22)23-12(2)20/h6-11H,5H2,1-4H3. The Morgan fingerprint density at radius 1 is 0.957 bits per heavy atom. The Bertz CT molecular complexity index is 787. The molecule has 0 fully saturated rings. The molecule has 0 amide bonds. The van der Waals surface area contributed by atoms with Crippen molar-refractivity contribution in [3.63, 3.8) is 0 Å². The maximum Gasteiger partial charge on any atom is 0.345 e. The van der Waals surface area contributed by atoms with Crippen LogP contribution in [0.3, 0.4) is 0 Å². The van der Waals surface area contributed by atoms with Crippen molar-refractivity contribution in [2.75, 3.05) is 0 Å². The zero-order chi connectivity index (χ0) is 17.2. The second kappa shape index (κ2) is 6.32. The number of benzene rings is 2. The van der Waals surface area contributed by atoms with Crippen LogP contribution in [0.15, 0.2) is 36.4 Å². The van der Waals surface area contributed by atoms with Crippen LogP contribution in [0, 0.1) is 5.41 Å². The van der Waals surface area contributed by atoms with E-state index in [1.807, 2.05) is 26.8 Å². The van der Waals surface area contributed by atoms with Crippen LogP contribution in [0.1, 0.15) is 54.8 Å². The lowest BCUT2D eigenvalue weighted by atomic mass is 9.81. The van der Waals surface area contributed by atoms with Crippen molar-refractivity contribution in [1.82, 2.24) is 0 Å². The van der Waals surface area contributed by atoms with Gasteiger partial charge in [0, 0.05) is 17.9 Å². The maximum absolute atomic E-state index is 12.5. The minimum Gasteiger partial charge on any atom is -0.390 e. The molecule has 0 unspecified atom stereocenters. The number of esters is 2. The van der Waals surface area contributed by atoms with Crippen LogP contribution >= 0.6 is 0 Å². The maximum atomic E-state index is 12.5. The van der Waals surface area contributed by atoms with Crippen molar-refractivity contribution in [2.24, 2.45) is 5.41 Å². The Kier molecular flexibility index (Phi) is 4.64. The van der Waals surface area contributed by atoms with Gasteiger partial charge in [-0.1, -0.05) is 39.0 Å². The zero-order valence-electron chi connectivity index (χ0n) is 13.8. The average molecular weight is 312 g/mol. The van der Waals surface area contributed by atoms with Crippen LogP contribution in [0.25, 0.3) is 10.8 Å². The molecule has 0 radical (unpaired) electrons. The number of ketones is 1. The third-order valence-corrected chi connectivity index (χ3v) is 4.07. The predicted octanol–water partition coefficient (Wildman–Crippen LogP) is 4.16. The van der Waals surface area contributed by atoms with Crippen molar-refractivity contribution in [3.8, 4) is 0 Å². The molecule has 0 aromatic heterocycles. The SMILES string of the molecule is CCC(C)(C)C(=O)c1ccc2cc(C(=O)OC(C)=O)ccc2c1. The first kappa shape index (κ1) is 16.9. The number of fused-ring (bicyclic) bond motifs is 1. The highest BCUT2D eigenvalue weighted by Crippen LogP contribution is 2.27. The molecule has 2 aromatic carbocycles. The summed E-state index contributed by atoms with van der Waals surface area (Å²) in [7, 11) is 0. The molecule has 4 nitrogen and oxygen atoms in total. The van der Waals surface area contributed by atoms with Gasteiger partial charge in [0.25, 0.3) is 0 Å². The van der Waals surface area contributed by atoms with Gasteiger partial charge in [0.15, 0.2) is 5.78 Å². The zero-order valence-corrected chi connectivity index (χ0v) is 13.8. The molecule has 0 bridgehead atoms.